The van der Waals surface area contributed by atoms with E-state index in [0.29, 0.717) is 19.8 Å². The summed E-state index contributed by atoms with van der Waals surface area (Å²) in [5.41, 5.74) is 0.280. The number of piperidine rings is 1. The lowest BCUT2D eigenvalue weighted by Crippen LogP contribution is -2.51. The first-order valence-corrected chi connectivity index (χ1v) is 11.5. The van der Waals surface area contributed by atoms with E-state index >= 15 is 0 Å². The molecule has 7 heteroatoms. The van der Waals surface area contributed by atoms with Crippen LogP contribution in [-0.2, 0) is 13.1 Å². The smallest absolute Gasteiger partial charge is 0.161 e. The molecule has 1 saturated heterocycles. The molecular weight excluding hydrogens is 418 g/mol. The van der Waals surface area contributed by atoms with Gasteiger partial charge in [0.25, 0.3) is 0 Å². The number of para-hydroxylation sites is 1. The number of β-amino-alcohol motifs (C(OH)–C–C–N with tert-alkyl or cyclic N) is 1. The van der Waals surface area contributed by atoms with Crippen molar-refractivity contribution in [2.24, 2.45) is 0 Å². The van der Waals surface area contributed by atoms with Gasteiger partial charge in [-0.25, -0.2) is 4.98 Å². The zero-order chi connectivity index (χ0) is 22.9. The van der Waals surface area contributed by atoms with Gasteiger partial charge < -0.3 is 23.9 Å². The first-order chi connectivity index (χ1) is 16.1. The topological polar surface area (TPSA) is 69.0 Å². The molecule has 0 amide bonds. The van der Waals surface area contributed by atoms with Crippen molar-refractivity contribution >= 4 is 0 Å². The molecule has 2 heterocycles. The molecule has 0 radical (unpaired) electrons. The lowest BCUT2D eigenvalue weighted by Gasteiger charge is -2.39. The van der Waals surface area contributed by atoms with E-state index in [4.69, 9.17) is 14.2 Å². The standard InChI is InChI=1S/C26H33N3O4/c1-31-25-17-22(9-10-24(25)32-16-6-14-28-15-12-27-21-28)18-29-13-5-11-26(30,19-29)20-33-23-7-3-2-4-8-23/h2-4,7-10,12,15,17,21,30H,5-6,11,13-14,16,18-20H2,1H3. The summed E-state index contributed by atoms with van der Waals surface area (Å²) in [4.78, 5) is 6.33. The van der Waals surface area contributed by atoms with E-state index in [1.54, 1.807) is 13.3 Å². The van der Waals surface area contributed by atoms with Crippen molar-refractivity contribution in [3.63, 3.8) is 0 Å². The molecule has 0 spiro atoms. The predicted octanol–water partition coefficient (Wildman–Crippen LogP) is 3.77. The van der Waals surface area contributed by atoms with Crippen molar-refractivity contribution in [3.05, 3.63) is 72.8 Å². The molecule has 4 rings (SSSR count). The number of likely N-dealkylation sites (tertiary alicyclic amines) is 1. The van der Waals surface area contributed by atoms with E-state index in [1.807, 2.05) is 59.6 Å². The number of nitrogens with zero attached hydrogens (tertiary/aromatic N) is 3. The lowest BCUT2D eigenvalue weighted by molar-refractivity contribution is -0.0621. The van der Waals surface area contributed by atoms with Crippen LogP contribution in [0.4, 0.5) is 0 Å². The van der Waals surface area contributed by atoms with Crippen LogP contribution in [-0.4, -0.2) is 58.6 Å². The predicted molar refractivity (Wildman–Crippen MR) is 127 cm³/mol. The molecule has 1 N–H and O–H groups in total. The van der Waals surface area contributed by atoms with Crippen LogP contribution in [0, 0.1) is 0 Å². The quantitative estimate of drug-likeness (QED) is 0.448. The van der Waals surface area contributed by atoms with Crippen molar-refractivity contribution in [2.75, 3.05) is 33.4 Å². The maximum Gasteiger partial charge on any atom is 0.161 e. The largest absolute Gasteiger partial charge is 0.493 e. The fourth-order valence-electron chi connectivity index (χ4n) is 4.23. The average Bonchev–Trinajstić information content (AvgIpc) is 3.36. The Hall–Kier alpha value is -3.03. The van der Waals surface area contributed by atoms with Crippen LogP contribution in [0.25, 0.3) is 0 Å². The molecule has 1 unspecified atom stereocenters. The van der Waals surface area contributed by atoms with E-state index in [2.05, 4.69) is 16.0 Å². The maximum atomic E-state index is 11.1. The number of ether oxygens (including phenoxy) is 3. The van der Waals surface area contributed by atoms with E-state index in [1.165, 1.54) is 0 Å². The van der Waals surface area contributed by atoms with E-state index in [-0.39, 0.29) is 0 Å². The summed E-state index contributed by atoms with van der Waals surface area (Å²) in [5, 5.41) is 11.1. The summed E-state index contributed by atoms with van der Waals surface area (Å²) in [7, 11) is 1.66. The highest BCUT2D eigenvalue weighted by Gasteiger charge is 2.34. The minimum absolute atomic E-state index is 0.294. The Morgan fingerprint density at radius 3 is 2.76 bits per heavy atom. The highest BCUT2D eigenvalue weighted by Crippen LogP contribution is 2.30. The second-order valence-electron chi connectivity index (χ2n) is 8.63. The van der Waals surface area contributed by atoms with Crippen LogP contribution in [0.2, 0.25) is 0 Å². The minimum Gasteiger partial charge on any atom is -0.493 e. The third-order valence-electron chi connectivity index (χ3n) is 5.90. The third-order valence-corrected chi connectivity index (χ3v) is 5.90. The Morgan fingerprint density at radius 1 is 1.09 bits per heavy atom. The summed E-state index contributed by atoms with van der Waals surface area (Å²) < 4.78 is 19.4. The Morgan fingerprint density at radius 2 is 1.97 bits per heavy atom. The normalized spacial score (nSPS) is 18.7. The zero-order valence-electron chi connectivity index (χ0n) is 19.2. The van der Waals surface area contributed by atoms with Crippen molar-refractivity contribution in [2.45, 2.75) is 38.0 Å². The van der Waals surface area contributed by atoms with Gasteiger partial charge in [-0.05, 0) is 55.6 Å². The van der Waals surface area contributed by atoms with Gasteiger partial charge in [0.2, 0.25) is 0 Å². The van der Waals surface area contributed by atoms with Gasteiger partial charge >= 0.3 is 0 Å². The molecule has 2 aromatic carbocycles. The number of hydrogen-bond donors (Lipinski definition) is 1. The van der Waals surface area contributed by atoms with E-state index < -0.39 is 5.60 Å². The van der Waals surface area contributed by atoms with Gasteiger partial charge in [-0.2, -0.15) is 0 Å². The summed E-state index contributed by atoms with van der Waals surface area (Å²) in [5.74, 6) is 2.27. The molecule has 1 aliphatic heterocycles. The molecule has 1 aliphatic rings. The highest BCUT2D eigenvalue weighted by molar-refractivity contribution is 5.43. The molecule has 7 nitrogen and oxygen atoms in total. The second kappa shape index (κ2) is 11.2. The summed E-state index contributed by atoms with van der Waals surface area (Å²) in [6, 6.07) is 15.7. The SMILES string of the molecule is COc1cc(CN2CCCC(O)(COc3ccccc3)C2)ccc1OCCCn1ccnc1. The molecule has 0 saturated carbocycles. The van der Waals surface area contributed by atoms with Crippen LogP contribution in [0.3, 0.4) is 0 Å². The van der Waals surface area contributed by atoms with Crippen LogP contribution < -0.4 is 14.2 Å². The minimum atomic E-state index is -0.851. The number of benzene rings is 2. The van der Waals surface area contributed by atoms with Crippen molar-refractivity contribution in [3.8, 4) is 17.2 Å². The van der Waals surface area contributed by atoms with Crippen molar-refractivity contribution in [1.29, 1.82) is 0 Å². The van der Waals surface area contributed by atoms with E-state index in [9.17, 15) is 5.11 Å². The van der Waals surface area contributed by atoms with Gasteiger partial charge in [0, 0.05) is 32.0 Å². The molecule has 3 aromatic rings. The summed E-state index contributed by atoms with van der Waals surface area (Å²) >= 11 is 0. The number of imidazole rings is 1. The number of hydrogen-bond acceptors (Lipinski definition) is 6. The van der Waals surface area contributed by atoms with Gasteiger partial charge in [-0.3, -0.25) is 4.90 Å². The maximum absolute atomic E-state index is 11.1. The van der Waals surface area contributed by atoms with Gasteiger partial charge in [0.1, 0.15) is 18.0 Å². The monoisotopic (exact) mass is 451 g/mol. The number of aryl methyl sites for hydroxylation is 1. The fourth-order valence-corrected chi connectivity index (χ4v) is 4.23. The third kappa shape index (κ3) is 6.73. The Labute approximate surface area is 195 Å². The first kappa shape index (κ1) is 23.1. The van der Waals surface area contributed by atoms with E-state index in [0.717, 1.165) is 61.7 Å². The molecule has 33 heavy (non-hydrogen) atoms. The molecule has 0 bridgehead atoms. The first-order valence-electron chi connectivity index (χ1n) is 11.5. The van der Waals surface area contributed by atoms with Crippen LogP contribution in [0.1, 0.15) is 24.8 Å². The molecule has 0 aliphatic carbocycles. The van der Waals surface area contributed by atoms with Gasteiger partial charge in [-0.15, -0.1) is 0 Å². The number of rotatable bonds is 11. The number of aromatic nitrogens is 2. The molecular formula is C26H33N3O4. The van der Waals surface area contributed by atoms with Crippen LogP contribution >= 0.6 is 0 Å². The fraction of sp³-hybridized carbons (Fsp3) is 0.423. The van der Waals surface area contributed by atoms with Gasteiger partial charge in [0.15, 0.2) is 11.5 Å². The van der Waals surface area contributed by atoms with Gasteiger partial charge in [0.05, 0.1) is 20.0 Å². The Bertz CT molecular complexity index is 980. The molecule has 1 atom stereocenters. The summed E-state index contributed by atoms with van der Waals surface area (Å²) in [6.07, 6.45) is 8.10. The zero-order valence-corrected chi connectivity index (χ0v) is 19.2. The molecule has 176 valence electrons. The van der Waals surface area contributed by atoms with Crippen LogP contribution in [0.15, 0.2) is 67.3 Å². The second-order valence-corrected chi connectivity index (χ2v) is 8.63. The van der Waals surface area contributed by atoms with Crippen molar-refractivity contribution in [1.82, 2.24) is 14.5 Å². The van der Waals surface area contributed by atoms with Crippen molar-refractivity contribution < 1.29 is 19.3 Å². The van der Waals surface area contributed by atoms with Gasteiger partial charge in [-0.1, -0.05) is 24.3 Å². The highest BCUT2D eigenvalue weighted by atomic mass is 16.5. The number of methoxy groups -OCH3 is 1. The Kier molecular flexibility index (Phi) is 7.86. The van der Waals surface area contributed by atoms with Crippen LogP contribution in [0.5, 0.6) is 17.2 Å². The summed E-state index contributed by atoms with van der Waals surface area (Å²) in [6.45, 7) is 4.03. The number of aliphatic hydroxyl groups is 1. The lowest BCUT2D eigenvalue weighted by atomic mass is 9.93. The molecule has 1 aromatic heterocycles. The Balaban J connectivity index is 1.29. The molecule has 1 fully saturated rings. The average molecular weight is 452 g/mol.